The van der Waals surface area contributed by atoms with E-state index in [1.54, 1.807) is 25.4 Å². The molecule has 0 amide bonds. The maximum absolute atomic E-state index is 2.59. The van der Waals surface area contributed by atoms with E-state index in [0.717, 1.165) is 0 Å². The molecule has 0 N–H and O–H groups in total. The molecule has 1 aliphatic rings. The van der Waals surface area contributed by atoms with Gasteiger partial charge in [0.1, 0.15) is 0 Å². The molecule has 1 nitrogen and oxygen atoms in total. The van der Waals surface area contributed by atoms with Gasteiger partial charge in [0, 0.05) is 0 Å². The van der Waals surface area contributed by atoms with Gasteiger partial charge in [-0.25, -0.2) is 0 Å². The summed E-state index contributed by atoms with van der Waals surface area (Å²) in [6.07, 6.45) is 3.16. The van der Waals surface area contributed by atoms with Crippen molar-refractivity contribution >= 4 is 21.4 Å². The first-order valence-corrected chi connectivity index (χ1v) is 12.6. The summed E-state index contributed by atoms with van der Waals surface area (Å²) in [7, 11) is 0. The third-order valence-corrected chi connectivity index (χ3v) is 13.3. The molecule has 1 saturated heterocycles. The molecule has 0 aliphatic carbocycles. The second-order valence-electron chi connectivity index (χ2n) is 3.97. The molecule has 1 aliphatic heterocycles. The van der Waals surface area contributed by atoms with Crippen molar-refractivity contribution in [1.29, 1.82) is 0 Å². The van der Waals surface area contributed by atoms with Crippen LogP contribution in [0.2, 0.25) is 12.5 Å². The van der Waals surface area contributed by atoms with Gasteiger partial charge in [-0.05, 0) is 0 Å². The zero-order chi connectivity index (χ0) is 8.81. The molecule has 1 fully saturated rings. The van der Waals surface area contributed by atoms with Gasteiger partial charge in [-0.2, -0.15) is 0 Å². The second-order valence-corrected chi connectivity index (χ2v) is 13.9. The van der Waals surface area contributed by atoms with Gasteiger partial charge in [0.2, 0.25) is 0 Å². The molecule has 0 atom stereocenters. The molecule has 1 rings (SSSR count). The van der Waals surface area contributed by atoms with Crippen molar-refractivity contribution in [2.24, 2.45) is 0 Å². The summed E-state index contributed by atoms with van der Waals surface area (Å²) < 4.78 is 5.08. The van der Waals surface area contributed by atoms with E-state index in [4.69, 9.17) is 0 Å². The molecule has 0 aromatic carbocycles. The Balaban J connectivity index is 2.06. The predicted octanol–water partition coefficient (Wildman–Crippen LogP) is 2.62. The molecule has 2 heteroatoms. The topological polar surface area (TPSA) is 3.24 Å². The van der Waals surface area contributed by atoms with E-state index in [-0.39, 0.29) is 0 Å². The Hall–Kier alpha value is 0.830. The number of hydrogen-bond acceptors (Lipinski definition) is 1. The number of rotatable bonds is 5. The van der Waals surface area contributed by atoms with E-state index in [1.165, 1.54) is 19.6 Å². The fraction of sp³-hybridized carbons (Fsp3) is 1.00. The van der Waals surface area contributed by atoms with E-state index in [1.807, 2.05) is 0 Å². The van der Waals surface area contributed by atoms with E-state index in [2.05, 4.69) is 18.7 Å². The van der Waals surface area contributed by atoms with Crippen molar-refractivity contribution in [3.8, 4) is 0 Å². The Morgan fingerprint density at radius 1 is 1.08 bits per heavy atom. The van der Waals surface area contributed by atoms with Crippen LogP contribution in [-0.2, 0) is 0 Å². The zero-order valence-electron chi connectivity index (χ0n) is 8.68. The molecular formula is C10H22InN. The van der Waals surface area contributed by atoms with Crippen molar-refractivity contribution in [2.75, 3.05) is 19.6 Å². The van der Waals surface area contributed by atoms with E-state index in [0.29, 0.717) is 0 Å². The van der Waals surface area contributed by atoms with Crippen LogP contribution in [0.3, 0.4) is 0 Å². The van der Waals surface area contributed by atoms with Crippen LogP contribution >= 0.6 is 0 Å². The van der Waals surface area contributed by atoms with Gasteiger partial charge in [0.25, 0.3) is 0 Å². The SMILES string of the molecule is CCN(CC)C[CH2][In]1[CH2]CC[CH2]1. The zero-order valence-corrected chi connectivity index (χ0v) is 12.0. The monoisotopic (exact) mass is 271 g/mol. The fourth-order valence-electron chi connectivity index (χ4n) is 2.20. The Morgan fingerprint density at radius 3 is 2.17 bits per heavy atom. The van der Waals surface area contributed by atoms with Crippen LogP contribution < -0.4 is 0 Å². The summed E-state index contributed by atoms with van der Waals surface area (Å²) in [6, 6.07) is 0. The van der Waals surface area contributed by atoms with Gasteiger partial charge >= 0.3 is 85.2 Å². The first-order chi connectivity index (χ1) is 5.86. The molecule has 0 aromatic rings. The maximum atomic E-state index is 2.59. The minimum absolute atomic E-state index is 0.856. The quantitative estimate of drug-likeness (QED) is 0.743. The number of hydrogen-bond donors (Lipinski definition) is 0. The third-order valence-electron chi connectivity index (χ3n) is 3.22. The van der Waals surface area contributed by atoms with E-state index >= 15 is 0 Å². The van der Waals surface area contributed by atoms with Crippen molar-refractivity contribution in [2.45, 2.75) is 39.2 Å². The van der Waals surface area contributed by atoms with Gasteiger partial charge < -0.3 is 0 Å². The van der Waals surface area contributed by atoms with Crippen LogP contribution in [0.25, 0.3) is 0 Å². The Morgan fingerprint density at radius 2 is 1.67 bits per heavy atom. The predicted molar refractivity (Wildman–Crippen MR) is 57.2 cm³/mol. The van der Waals surface area contributed by atoms with Gasteiger partial charge in [0.15, 0.2) is 0 Å². The summed E-state index contributed by atoms with van der Waals surface area (Å²) in [5.41, 5.74) is 0. The van der Waals surface area contributed by atoms with Crippen molar-refractivity contribution in [3.63, 3.8) is 0 Å². The van der Waals surface area contributed by atoms with E-state index < -0.39 is 21.4 Å². The molecular weight excluding hydrogens is 249 g/mol. The standard InChI is InChI=1S/C6H14N.C4H8.In/c1-4-7(5-2)6-3;1-3-4-2;/h1,4-6H2,2-3H3;1-4H2;. The van der Waals surface area contributed by atoms with Gasteiger partial charge in [-0.1, -0.05) is 0 Å². The fourth-order valence-corrected chi connectivity index (χ4v) is 11.7. The summed E-state index contributed by atoms with van der Waals surface area (Å²) in [5, 5.41) is 0. The summed E-state index contributed by atoms with van der Waals surface area (Å²) in [4.78, 5) is 2.59. The van der Waals surface area contributed by atoms with Crippen LogP contribution in [0, 0.1) is 0 Å². The van der Waals surface area contributed by atoms with Crippen LogP contribution in [0.4, 0.5) is 0 Å². The molecule has 0 spiro atoms. The Kier molecular flexibility index (Phi) is 5.74. The molecule has 0 bridgehead atoms. The average Bonchev–Trinajstić information content (AvgIpc) is 2.59. The second kappa shape index (κ2) is 6.31. The van der Waals surface area contributed by atoms with Crippen molar-refractivity contribution in [3.05, 3.63) is 0 Å². The molecule has 70 valence electrons. The third kappa shape index (κ3) is 3.69. The Bertz CT molecular complexity index is 104. The van der Waals surface area contributed by atoms with Crippen LogP contribution in [-0.4, -0.2) is 46.0 Å². The summed E-state index contributed by atoms with van der Waals surface area (Å²) in [5.74, 6) is 0. The molecule has 0 unspecified atom stereocenters. The number of nitrogens with zero attached hydrogens (tertiary/aromatic N) is 1. The van der Waals surface area contributed by atoms with Crippen molar-refractivity contribution < 1.29 is 0 Å². The van der Waals surface area contributed by atoms with E-state index in [9.17, 15) is 0 Å². The van der Waals surface area contributed by atoms with Gasteiger partial charge in [0.05, 0.1) is 0 Å². The van der Waals surface area contributed by atoms with Gasteiger partial charge in [-0.15, -0.1) is 0 Å². The molecule has 0 saturated carbocycles. The molecule has 12 heavy (non-hydrogen) atoms. The first-order valence-electron chi connectivity index (χ1n) is 5.59. The minimum atomic E-state index is -0.856. The molecule has 1 heterocycles. The van der Waals surface area contributed by atoms with Crippen LogP contribution in [0.1, 0.15) is 26.7 Å². The summed E-state index contributed by atoms with van der Waals surface area (Å²) in [6.45, 7) is 8.51. The van der Waals surface area contributed by atoms with Gasteiger partial charge in [-0.3, -0.25) is 0 Å². The Labute approximate surface area is 85.1 Å². The normalized spacial score (nSPS) is 17.8. The first kappa shape index (κ1) is 10.9. The van der Waals surface area contributed by atoms with Crippen LogP contribution in [0.5, 0.6) is 0 Å². The van der Waals surface area contributed by atoms with Crippen molar-refractivity contribution in [1.82, 2.24) is 4.90 Å². The average molecular weight is 271 g/mol. The molecule has 0 aromatic heterocycles. The van der Waals surface area contributed by atoms with Crippen LogP contribution in [0.15, 0.2) is 0 Å². The molecule has 0 radical (unpaired) electrons. The summed E-state index contributed by atoms with van der Waals surface area (Å²) >= 11 is -0.856.